The zero-order valence-electron chi connectivity index (χ0n) is 14.7. The fourth-order valence-corrected chi connectivity index (χ4v) is 3.21. The molecule has 0 N–H and O–H groups in total. The van der Waals surface area contributed by atoms with E-state index in [2.05, 4.69) is 10.1 Å². The van der Waals surface area contributed by atoms with E-state index in [1.165, 1.54) is 0 Å². The molecule has 1 aliphatic rings. The van der Waals surface area contributed by atoms with Crippen molar-refractivity contribution in [3.63, 3.8) is 0 Å². The minimum atomic E-state index is 0.120. The SMILES string of the molecule is O=C(Cc1ccc(Cl)cc1)N1CCN(c2noc(-c3ccccc3)n2)CC1. The minimum absolute atomic E-state index is 0.120. The van der Waals surface area contributed by atoms with Crippen molar-refractivity contribution in [1.82, 2.24) is 15.0 Å². The first-order chi connectivity index (χ1) is 13.2. The van der Waals surface area contributed by atoms with E-state index in [1.54, 1.807) is 0 Å². The Morgan fingerprint density at radius 2 is 1.70 bits per heavy atom. The average Bonchev–Trinajstić information content (AvgIpc) is 3.21. The lowest BCUT2D eigenvalue weighted by molar-refractivity contribution is -0.130. The summed E-state index contributed by atoms with van der Waals surface area (Å²) in [5.41, 5.74) is 1.87. The summed E-state index contributed by atoms with van der Waals surface area (Å²) in [5, 5.41) is 4.76. The number of nitrogens with zero attached hydrogens (tertiary/aromatic N) is 4. The van der Waals surface area contributed by atoms with Gasteiger partial charge in [0.25, 0.3) is 11.8 Å². The van der Waals surface area contributed by atoms with Crippen LogP contribution in [0.4, 0.5) is 5.95 Å². The van der Waals surface area contributed by atoms with Crippen LogP contribution in [0, 0.1) is 0 Å². The Labute approximate surface area is 162 Å². The molecule has 6 nitrogen and oxygen atoms in total. The maximum Gasteiger partial charge on any atom is 0.266 e. The lowest BCUT2D eigenvalue weighted by atomic mass is 10.1. The van der Waals surface area contributed by atoms with Crippen molar-refractivity contribution in [3.8, 4) is 11.5 Å². The molecular weight excluding hydrogens is 364 g/mol. The molecule has 0 aliphatic carbocycles. The summed E-state index contributed by atoms with van der Waals surface area (Å²) >= 11 is 5.89. The van der Waals surface area contributed by atoms with Crippen LogP contribution in [0.1, 0.15) is 5.56 Å². The molecule has 0 unspecified atom stereocenters. The Balaban J connectivity index is 1.34. The van der Waals surface area contributed by atoms with E-state index in [0.29, 0.717) is 49.5 Å². The normalized spacial score (nSPS) is 14.4. The highest BCUT2D eigenvalue weighted by molar-refractivity contribution is 6.30. The number of amides is 1. The molecule has 27 heavy (non-hydrogen) atoms. The van der Waals surface area contributed by atoms with Crippen molar-refractivity contribution >= 4 is 23.5 Å². The molecule has 0 atom stereocenters. The highest BCUT2D eigenvalue weighted by Crippen LogP contribution is 2.21. The van der Waals surface area contributed by atoms with Gasteiger partial charge in [0, 0.05) is 36.8 Å². The monoisotopic (exact) mass is 382 g/mol. The van der Waals surface area contributed by atoms with Crippen LogP contribution in [0.5, 0.6) is 0 Å². The molecule has 1 aromatic heterocycles. The smallest absolute Gasteiger partial charge is 0.266 e. The highest BCUT2D eigenvalue weighted by atomic mass is 35.5. The Morgan fingerprint density at radius 3 is 2.41 bits per heavy atom. The van der Waals surface area contributed by atoms with E-state index in [0.717, 1.165) is 11.1 Å². The third-order valence-corrected chi connectivity index (χ3v) is 4.87. The number of carbonyl (C=O) groups excluding carboxylic acids is 1. The second-order valence-electron chi connectivity index (χ2n) is 6.44. The van der Waals surface area contributed by atoms with Gasteiger partial charge in [0.05, 0.1) is 6.42 Å². The van der Waals surface area contributed by atoms with Gasteiger partial charge in [-0.25, -0.2) is 0 Å². The van der Waals surface area contributed by atoms with Gasteiger partial charge in [0.2, 0.25) is 5.91 Å². The Hall–Kier alpha value is -2.86. The third kappa shape index (κ3) is 4.11. The fraction of sp³-hybridized carbons (Fsp3) is 0.250. The Morgan fingerprint density at radius 1 is 1.00 bits per heavy atom. The van der Waals surface area contributed by atoms with Gasteiger partial charge in [-0.15, -0.1) is 0 Å². The third-order valence-electron chi connectivity index (χ3n) is 4.62. The van der Waals surface area contributed by atoms with Gasteiger partial charge < -0.3 is 14.3 Å². The first kappa shape index (κ1) is 17.5. The standard InChI is InChI=1S/C20H19ClN4O2/c21-17-8-6-15(7-9-17)14-18(26)24-10-12-25(13-11-24)20-22-19(27-23-20)16-4-2-1-3-5-16/h1-9H,10-14H2. The summed E-state index contributed by atoms with van der Waals surface area (Å²) in [5.74, 6) is 1.19. The number of hydrogen-bond donors (Lipinski definition) is 0. The van der Waals surface area contributed by atoms with Crippen LogP contribution in [0.2, 0.25) is 5.02 Å². The van der Waals surface area contributed by atoms with Gasteiger partial charge in [-0.1, -0.05) is 41.9 Å². The molecule has 7 heteroatoms. The van der Waals surface area contributed by atoms with Crippen LogP contribution < -0.4 is 4.90 Å². The Bertz CT molecular complexity index is 903. The second kappa shape index (κ2) is 7.80. The molecule has 0 saturated carbocycles. The molecular formula is C20H19ClN4O2. The van der Waals surface area contributed by atoms with Gasteiger partial charge in [-0.05, 0) is 35.0 Å². The van der Waals surface area contributed by atoms with E-state index < -0.39 is 0 Å². The largest absolute Gasteiger partial charge is 0.339 e. The topological polar surface area (TPSA) is 62.5 Å². The van der Waals surface area contributed by atoms with Crippen molar-refractivity contribution in [2.24, 2.45) is 0 Å². The maximum atomic E-state index is 12.5. The van der Waals surface area contributed by atoms with Crippen molar-refractivity contribution in [1.29, 1.82) is 0 Å². The molecule has 4 rings (SSSR count). The number of aromatic nitrogens is 2. The predicted molar refractivity (Wildman–Crippen MR) is 104 cm³/mol. The highest BCUT2D eigenvalue weighted by Gasteiger charge is 2.24. The van der Waals surface area contributed by atoms with Crippen LogP contribution >= 0.6 is 11.6 Å². The molecule has 0 radical (unpaired) electrons. The van der Waals surface area contributed by atoms with E-state index in [1.807, 2.05) is 64.4 Å². The number of anilines is 1. The van der Waals surface area contributed by atoms with Gasteiger partial charge >= 0.3 is 0 Å². The van der Waals surface area contributed by atoms with Crippen LogP contribution in [-0.2, 0) is 11.2 Å². The van der Waals surface area contributed by atoms with Crippen LogP contribution in [0.25, 0.3) is 11.5 Å². The molecule has 3 aromatic rings. The zero-order valence-corrected chi connectivity index (χ0v) is 15.5. The summed E-state index contributed by atoms with van der Waals surface area (Å²) < 4.78 is 5.37. The molecule has 0 bridgehead atoms. The first-order valence-corrected chi connectivity index (χ1v) is 9.23. The summed E-state index contributed by atoms with van der Waals surface area (Å²) in [7, 11) is 0. The van der Waals surface area contributed by atoms with Gasteiger partial charge in [0.15, 0.2) is 0 Å². The number of benzene rings is 2. The molecule has 2 aromatic carbocycles. The lowest BCUT2D eigenvalue weighted by Gasteiger charge is -2.34. The number of halogens is 1. The van der Waals surface area contributed by atoms with Gasteiger partial charge in [0.1, 0.15) is 0 Å². The van der Waals surface area contributed by atoms with E-state index in [-0.39, 0.29) is 5.91 Å². The Kier molecular flexibility index (Phi) is 5.07. The molecule has 138 valence electrons. The maximum absolute atomic E-state index is 12.5. The summed E-state index contributed by atoms with van der Waals surface area (Å²) in [6, 6.07) is 17.1. The molecule has 1 fully saturated rings. The first-order valence-electron chi connectivity index (χ1n) is 8.85. The molecule has 1 aliphatic heterocycles. The number of piperazine rings is 1. The molecule has 0 spiro atoms. The quantitative estimate of drug-likeness (QED) is 0.693. The summed E-state index contributed by atoms with van der Waals surface area (Å²) in [6.07, 6.45) is 0.386. The summed E-state index contributed by atoms with van der Waals surface area (Å²) in [4.78, 5) is 20.9. The molecule has 1 amide bonds. The lowest BCUT2D eigenvalue weighted by Crippen LogP contribution is -2.49. The molecule has 1 saturated heterocycles. The average molecular weight is 383 g/mol. The number of carbonyl (C=O) groups is 1. The van der Waals surface area contributed by atoms with E-state index >= 15 is 0 Å². The van der Waals surface area contributed by atoms with Crippen LogP contribution in [0.15, 0.2) is 59.1 Å². The van der Waals surface area contributed by atoms with E-state index in [4.69, 9.17) is 16.1 Å². The number of hydrogen-bond acceptors (Lipinski definition) is 5. The van der Waals surface area contributed by atoms with Gasteiger partial charge in [-0.2, -0.15) is 4.98 Å². The van der Waals surface area contributed by atoms with Crippen molar-refractivity contribution < 1.29 is 9.32 Å². The van der Waals surface area contributed by atoms with Crippen LogP contribution in [-0.4, -0.2) is 47.1 Å². The second-order valence-corrected chi connectivity index (χ2v) is 6.87. The van der Waals surface area contributed by atoms with Crippen molar-refractivity contribution in [2.45, 2.75) is 6.42 Å². The van der Waals surface area contributed by atoms with Crippen LogP contribution in [0.3, 0.4) is 0 Å². The van der Waals surface area contributed by atoms with E-state index in [9.17, 15) is 4.79 Å². The van der Waals surface area contributed by atoms with Crippen molar-refractivity contribution in [3.05, 3.63) is 65.2 Å². The fourth-order valence-electron chi connectivity index (χ4n) is 3.09. The van der Waals surface area contributed by atoms with Crippen molar-refractivity contribution in [2.75, 3.05) is 31.1 Å². The number of rotatable bonds is 4. The minimum Gasteiger partial charge on any atom is -0.339 e. The van der Waals surface area contributed by atoms with Gasteiger partial charge in [-0.3, -0.25) is 4.79 Å². The zero-order chi connectivity index (χ0) is 18.6. The predicted octanol–water partition coefficient (Wildman–Crippen LogP) is 3.28. The summed E-state index contributed by atoms with van der Waals surface area (Å²) in [6.45, 7) is 2.64. The molecule has 2 heterocycles.